The molecule has 2 aromatic heterocycles. The van der Waals surface area contributed by atoms with E-state index in [1.54, 1.807) is 12.4 Å². The lowest BCUT2D eigenvalue weighted by Crippen LogP contribution is -2.24. The van der Waals surface area contributed by atoms with Crippen molar-refractivity contribution in [3.63, 3.8) is 0 Å². The summed E-state index contributed by atoms with van der Waals surface area (Å²) >= 11 is 0. The molecule has 4 nitrogen and oxygen atoms in total. The van der Waals surface area contributed by atoms with Crippen LogP contribution in [0.1, 0.15) is 30.7 Å². The molecule has 0 aliphatic heterocycles. The van der Waals surface area contributed by atoms with Crippen LogP contribution >= 0.6 is 0 Å². The SMILES string of the molecule is C=CN=C(C(=C)C1CC1)C1CCc2nc(-c3ccccn3)oc2C1. The van der Waals surface area contributed by atoms with Crippen molar-refractivity contribution in [1.82, 2.24) is 9.97 Å². The maximum atomic E-state index is 6.02. The molecule has 1 unspecified atom stereocenters. The Morgan fingerprint density at radius 3 is 2.83 bits per heavy atom. The second-order valence-electron chi connectivity index (χ2n) is 6.54. The van der Waals surface area contributed by atoms with Gasteiger partial charge >= 0.3 is 0 Å². The molecule has 2 aromatic rings. The molecular weight excluding hydrogens is 298 g/mol. The zero-order chi connectivity index (χ0) is 16.5. The van der Waals surface area contributed by atoms with E-state index >= 15 is 0 Å². The number of rotatable bonds is 5. The molecule has 0 bridgehead atoms. The summed E-state index contributed by atoms with van der Waals surface area (Å²) in [6, 6.07) is 5.76. The number of oxazole rings is 1. The van der Waals surface area contributed by atoms with E-state index in [2.05, 4.69) is 28.1 Å². The van der Waals surface area contributed by atoms with E-state index in [9.17, 15) is 0 Å². The van der Waals surface area contributed by atoms with Crippen LogP contribution in [0.5, 0.6) is 0 Å². The van der Waals surface area contributed by atoms with Crippen molar-refractivity contribution in [3.8, 4) is 11.6 Å². The fourth-order valence-corrected chi connectivity index (χ4v) is 3.40. The van der Waals surface area contributed by atoms with E-state index in [1.165, 1.54) is 18.4 Å². The van der Waals surface area contributed by atoms with Crippen LogP contribution in [0, 0.1) is 11.8 Å². The van der Waals surface area contributed by atoms with E-state index in [0.717, 1.165) is 42.1 Å². The van der Waals surface area contributed by atoms with Crippen LogP contribution in [0.25, 0.3) is 11.6 Å². The highest BCUT2D eigenvalue weighted by Crippen LogP contribution is 2.39. The third-order valence-corrected chi connectivity index (χ3v) is 4.84. The van der Waals surface area contributed by atoms with E-state index in [4.69, 9.17) is 4.42 Å². The fourth-order valence-electron chi connectivity index (χ4n) is 3.40. The van der Waals surface area contributed by atoms with Gasteiger partial charge in [-0.05, 0) is 49.3 Å². The molecule has 4 rings (SSSR count). The summed E-state index contributed by atoms with van der Waals surface area (Å²) in [6.07, 6.45) is 8.63. The second kappa shape index (κ2) is 6.19. The normalized spacial score (nSPS) is 20.5. The predicted molar refractivity (Wildman–Crippen MR) is 94.7 cm³/mol. The highest BCUT2D eigenvalue weighted by molar-refractivity contribution is 6.02. The second-order valence-corrected chi connectivity index (χ2v) is 6.54. The van der Waals surface area contributed by atoms with Gasteiger partial charge in [-0.15, -0.1) is 0 Å². The molecule has 2 heterocycles. The lowest BCUT2D eigenvalue weighted by molar-refractivity contribution is 0.454. The Hall–Kier alpha value is -2.49. The Kier molecular flexibility index (Phi) is 3.89. The molecule has 0 saturated heterocycles. The first-order valence-corrected chi connectivity index (χ1v) is 8.54. The van der Waals surface area contributed by atoms with Gasteiger partial charge < -0.3 is 4.42 Å². The number of pyridine rings is 1. The van der Waals surface area contributed by atoms with Crippen LogP contribution in [0.2, 0.25) is 0 Å². The third kappa shape index (κ3) is 2.84. The van der Waals surface area contributed by atoms with E-state index in [-0.39, 0.29) is 0 Å². The maximum absolute atomic E-state index is 6.02. The van der Waals surface area contributed by atoms with Crippen molar-refractivity contribution in [2.45, 2.75) is 32.1 Å². The van der Waals surface area contributed by atoms with Gasteiger partial charge in [-0.1, -0.05) is 19.2 Å². The standard InChI is InChI=1S/C20H21N3O/c1-3-21-19(13(2)14-7-8-14)15-9-10-16-18(12-15)24-20(23-16)17-6-4-5-11-22-17/h3-6,11,14-15H,1-2,7-10,12H2. The van der Waals surface area contributed by atoms with Crippen LogP contribution in [-0.2, 0) is 12.8 Å². The zero-order valence-corrected chi connectivity index (χ0v) is 13.7. The number of aryl methyl sites for hydroxylation is 1. The van der Waals surface area contributed by atoms with Gasteiger partial charge in [0.1, 0.15) is 11.5 Å². The average Bonchev–Trinajstić information content (AvgIpc) is 3.38. The molecule has 1 fully saturated rings. The van der Waals surface area contributed by atoms with Gasteiger partial charge in [-0.25, -0.2) is 4.98 Å². The summed E-state index contributed by atoms with van der Waals surface area (Å²) in [5.41, 5.74) is 4.13. The van der Waals surface area contributed by atoms with Crippen LogP contribution in [-0.4, -0.2) is 15.7 Å². The Labute approximate surface area is 142 Å². The first-order valence-electron chi connectivity index (χ1n) is 8.54. The minimum absolute atomic E-state index is 0.341. The quantitative estimate of drug-likeness (QED) is 0.768. The summed E-state index contributed by atoms with van der Waals surface area (Å²) in [4.78, 5) is 13.5. The van der Waals surface area contributed by atoms with Crippen LogP contribution in [0.3, 0.4) is 0 Å². The summed E-state index contributed by atoms with van der Waals surface area (Å²) in [5.74, 6) is 2.54. The summed E-state index contributed by atoms with van der Waals surface area (Å²) in [5, 5.41) is 0. The number of hydrogen-bond acceptors (Lipinski definition) is 4. The molecule has 4 heteroatoms. The van der Waals surface area contributed by atoms with Crippen molar-refractivity contribution < 1.29 is 4.42 Å². The highest BCUT2D eigenvalue weighted by Gasteiger charge is 2.34. The summed E-state index contributed by atoms with van der Waals surface area (Å²) in [7, 11) is 0. The Balaban J connectivity index is 1.59. The highest BCUT2D eigenvalue weighted by atomic mass is 16.4. The number of allylic oxidation sites excluding steroid dienone is 1. The Bertz CT molecular complexity index is 800. The predicted octanol–water partition coefficient (Wildman–Crippen LogP) is 4.39. The van der Waals surface area contributed by atoms with Gasteiger partial charge in [0, 0.05) is 30.4 Å². The van der Waals surface area contributed by atoms with Gasteiger partial charge in [0.15, 0.2) is 0 Å². The minimum Gasteiger partial charge on any atom is -0.440 e. The Morgan fingerprint density at radius 2 is 2.12 bits per heavy atom. The smallest absolute Gasteiger partial charge is 0.245 e. The molecule has 0 amide bonds. The van der Waals surface area contributed by atoms with Crippen LogP contribution < -0.4 is 0 Å². The molecule has 1 saturated carbocycles. The maximum Gasteiger partial charge on any atom is 0.245 e. The van der Waals surface area contributed by atoms with Gasteiger partial charge in [0.25, 0.3) is 0 Å². The van der Waals surface area contributed by atoms with Crippen molar-refractivity contribution in [3.05, 3.63) is 60.8 Å². The number of aromatic nitrogens is 2. The van der Waals surface area contributed by atoms with Gasteiger partial charge in [-0.3, -0.25) is 9.98 Å². The first kappa shape index (κ1) is 15.1. The van der Waals surface area contributed by atoms with Gasteiger partial charge in [0.2, 0.25) is 5.89 Å². The summed E-state index contributed by atoms with van der Waals surface area (Å²) in [6.45, 7) is 8.06. The Morgan fingerprint density at radius 1 is 1.25 bits per heavy atom. The number of nitrogens with zero attached hydrogens (tertiary/aromatic N) is 3. The summed E-state index contributed by atoms with van der Waals surface area (Å²) < 4.78 is 6.02. The number of aliphatic imine (C=N–C) groups is 1. The number of fused-ring (bicyclic) bond motifs is 1. The zero-order valence-electron chi connectivity index (χ0n) is 13.7. The first-order chi connectivity index (χ1) is 11.8. The van der Waals surface area contributed by atoms with Crippen molar-refractivity contribution in [2.24, 2.45) is 16.8 Å². The van der Waals surface area contributed by atoms with Crippen LogP contribution in [0.4, 0.5) is 0 Å². The largest absolute Gasteiger partial charge is 0.440 e. The van der Waals surface area contributed by atoms with Gasteiger partial charge in [0.05, 0.1) is 5.69 Å². The lowest BCUT2D eigenvalue weighted by atomic mass is 9.83. The molecular formula is C20H21N3O. The monoisotopic (exact) mass is 319 g/mol. The van der Waals surface area contributed by atoms with E-state index in [0.29, 0.717) is 17.7 Å². The topological polar surface area (TPSA) is 51.3 Å². The van der Waals surface area contributed by atoms with Crippen molar-refractivity contribution in [1.29, 1.82) is 0 Å². The van der Waals surface area contributed by atoms with E-state index in [1.807, 2.05) is 18.2 Å². The molecule has 0 aromatic carbocycles. The molecule has 24 heavy (non-hydrogen) atoms. The van der Waals surface area contributed by atoms with Gasteiger partial charge in [-0.2, -0.15) is 0 Å². The molecule has 1 atom stereocenters. The molecule has 0 N–H and O–H groups in total. The molecule has 122 valence electrons. The molecule has 2 aliphatic carbocycles. The van der Waals surface area contributed by atoms with Crippen LogP contribution in [0.15, 0.2) is 58.7 Å². The van der Waals surface area contributed by atoms with Crippen molar-refractivity contribution in [2.75, 3.05) is 0 Å². The molecule has 0 radical (unpaired) electrons. The van der Waals surface area contributed by atoms with Crippen molar-refractivity contribution >= 4 is 5.71 Å². The minimum atomic E-state index is 0.341. The molecule has 0 spiro atoms. The third-order valence-electron chi connectivity index (χ3n) is 4.84. The van der Waals surface area contributed by atoms with E-state index < -0.39 is 0 Å². The fraction of sp³-hybridized carbons (Fsp3) is 0.350. The lowest BCUT2D eigenvalue weighted by Gasteiger charge is -2.23. The molecule has 2 aliphatic rings. The number of hydrogen-bond donors (Lipinski definition) is 0. The average molecular weight is 319 g/mol.